The molecule has 0 atom stereocenters. The van der Waals surface area contributed by atoms with Crippen molar-refractivity contribution in [2.45, 2.75) is 0 Å². The Morgan fingerprint density at radius 2 is 1.37 bits per heavy atom. The molecular weight excluding hydrogens is 230 g/mol. The highest BCUT2D eigenvalue weighted by Crippen LogP contribution is 2.47. The van der Waals surface area contributed by atoms with Gasteiger partial charge in [-0.2, -0.15) is 0 Å². The third kappa shape index (κ3) is 1.24. The molecule has 90 valence electrons. The van der Waals surface area contributed by atoms with Crippen LogP contribution >= 0.6 is 0 Å². The first-order chi connectivity index (χ1) is 9.27. The van der Waals surface area contributed by atoms with Crippen molar-refractivity contribution >= 4 is 16.5 Å². The summed E-state index contributed by atoms with van der Waals surface area (Å²) in [5.41, 5.74) is 12.8. The fourth-order valence-corrected chi connectivity index (χ4v) is 3.09. The molecule has 1 nitrogen and oxygen atoms in total. The number of fused-ring (bicyclic) bond motifs is 3. The van der Waals surface area contributed by atoms with Crippen LogP contribution in [0.15, 0.2) is 61.2 Å². The van der Waals surface area contributed by atoms with Crippen LogP contribution in [0.25, 0.3) is 38.7 Å². The van der Waals surface area contributed by atoms with Crippen molar-refractivity contribution < 1.29 is 0 Å². The maximum absolute atomic E-state index is 5.91. The van der Waals surface area contributed by atoms with Crippen LogP contribution in [0.4, 0.5) is 0 Å². The van der Waals surface area contributed by atoms with Gasteiger partial charge in [0.05, 0.1) is 0 Å². The first kappa shape index (κ1) is 10.4. The molecule has 0 saturated carbocycles. The molecule has 2 N–H and O–H groups in total. The molecule has 0 saturated heterocycles. The maximum Gasteiger partial charge on any atom is 0.0320 e. The molecule has 0 fully saturated rings. The molecule has 0 aromatic heterocycles. The number of hydrogen-bond acceptors (Lipinski definition) is 1. The monoisotopic (exact) mass is 243 g/mol. The van der Waals surface area contributed by atoms with E-state index in [1.165, 1.54) is 33.0 Å². The highest BCUT2D eigenvalue weighted by atomic mass is 14.6. The first-order valence-electron chi connectivity index (χ1n) is 6.37. The highest BCUT2D eigenvalue weighted by Gasteiger charge is 2.21. The van der Waals surface area contributed by atoms with Gasteiger partial charge in [-0.3, -0.25) is 0 Å². The Morgan fingerprint density at radius 3 is 2.05 bits per heavy atom. The Labute approximate surface area is 112 Å². The van der Waals surface area contributed by atoms with Gasteiger partial charge >= 0.3 is 0 Å². The minimum absolute atomic E-state index is 0.625. The predicted molar refractivity (Wildman–Crippen MR) is 81.6 cm³/mol. The number of benzene rings is 3. The molecule has 1 aliphatic carbocycles. The molecule has 0 amide bonds. The summed E-state index contributed by atoms with van der Waals surface area (Å²) >= 11 is 0. The maximum atomic E-state index is 5.91. The summed E-state index contributed by atoms with van der Waals surface area (Å²) in [6.07, 6.45) is 0. The Balaban J connectivity index is 2.23. The third-order valence-corrected chi connectivity index (χ3v) is 3.89. The van der Waals surface area contributed by atoms with Gasteiger partial charge in [-0.05, 0) is 33.0 Å². The largest absolute Gasteiger partial charge is 0.399 e. The van der Waals surface area contributed by atoms with Gasteiger partial charge in [0.1, 0.15) is 0 Å². The van der Waals surface area contributed by atoms with Crippen LogP contribution in [-0.2, 0) is 0 Å². The van der Waals surface area contributed by atoms with Crippen molar-refractivity contribution in [2.24, 2.45) is 5.73 Å². The topological polar surface area (TPSA) is 26.0 Å². The molecule has 0 aliphatic heterocycles. The zero-order chi connectivity index (χ0) is 13.0. The lowest BCUT2D eigenvalue weighted by Gasteiger charge is -2.08. The predicted octanol–water partition coefficient (Wildman–Crippen LogP) is 4.42. The smallest absolute Gasteiger partial charge is 0.0320 e. The van der Waals surface area contributed by atoms with E-state index < -0.39 is 0 Å². The van der Waals surface area contributed by atoms with Gasteiger partial charge in [0, 0.05) is 11.3 Å². The highest BCUT2D eigenvalue weighted by molar-refractivity contribution is 6.17. The second-order valence-corrected chi connectivity index (χ2v) is 4.96. The molecular formula is C18H13N. The fraction of sp³-hybridized carbons (Fsp3) is 0. The van der Waals surface area contributed by atoms with Gasteiger partial charge in [-0.1, -0.05) is 61.2 Å². The summed E-state index contributed by atoms with van der Waals surface area (Å²) in [7, 11) is 0. The zero-order valence-corrected chi connectivity index (χ0v) is 10.5. The van der Waals surface area contributed by atoms with Crippen LogP contribution in [0, 0.1) is 0 Å². The van der Waals surface area contributed by atoms with Crippen LogP contribution in [-0.4, -0.2) is 0 Å². The quantitative estimate of drug-likeness (QED) is 0.526. The Bertz CT molecular complexity index is 814. The van der Waals surface area contributed by atoms with Crippen molar-refractivity contribution in [3.63, 3.8) is 0 Å². The molecule has 1 heteroatoms. The Hall–Kier alpha value is -2.54. The van der Waals surface area contributed by atoms with Gasteiger partial charge in [0.15, 0.2) is 0 Å². The molecule has 0 heterocycles. The summed E-state index contributed by atoms with van der Waals surface area (Å²) in [6.45, 7) is 3.88. The summed E-state index contributed by atoms with van der Waals surface area (Å²) in [4.78, 5) is 0. The van der Waals surface area contributed by atoms with Gasteiger partial charge in [-0.15, -0.1) is 0 Å². The van der Waals surface area contributed by atoms with Gasteiger partial charge in [-0.25, -0.2) is 0 Å². The van der Waals surface area contributed by atoms with Crippen LogP contribution in [0.3, 0.4) is 0 Å². The molecule has 3 aromatic rings. The minimum Gasteiger partial charge on any atom is -0.399 e. The summed E-state index contributed by atoms with van der Waals surface area (Å²) in [6, 6.07) is 19.2. The van der Waals surface area contributed by atoms with Crippen molar-refractivity contribution in [3.05, 3.63) is 66.7 Å². The normalized spacial score (nSPS) is 11.6. The minimum atomic E-state index is 0.625. The molecule has 0 radical (unpaired) electrons. The van der Waals surface area contributed by atoms with Crippen molar-refractivity contribution in [2.75, 3.05) is 0 Å². The molecule has 0 unspecified atom stereocenters. The molecule has 0 spiro atoms. The van der Waals surface area contributed by atoms with Gasteiger partial charge in [0.2, 0.25) is 0 Å². The lowest BCUT2D eigenvalue weighted by molar-refractivity contribution is 1.58. The average molecular weight is 243 g/mol. The molecule has 4 rings (SSSR count). The van der Waals surface area contributed by atoms with E-state index in [2.05, 4.69) is 61.2 Å². The Morgan fingerprint density at radius 1 is 0.737 bits per heavy atom. The number of nitrogens with two attached hydrogens (primary N) is 1. The van der Waals surface area contributed by atoms with E-state index in [1.54, 1.807) is 0 Å². The fourth-order valence-electron chi connectivity index (χ4n) is 3.09. The average Bonchev–Trinajstić information content (AvgIpc) is 2.76. The second-order valence-electron chi connectivity index (χ2n) is 4.96. The lowest BCUT2D eigenvalue weighted by Crippen LogP contribution is -1.95. The summed E-state index contributed by atoms with van der Waals surface area (Å²) in [5, 5.41) is 2.49. The van der Waals surface area contributed by atoms with E-state index in [4.69, 9.17) is 5.73 Å². The Kier molecular flexibility index (Phi) is 1.91. The van der Waals surface area contributed by atoms with Gasteiger partial charge in [0.25, 0.3) is 0 Å². The van der Waals surface area contributed by atoms with E-state index in [9.17, 15) is 0 Å². The molecule has 19 heavy (non-hydrogen) atoms. The number of rotatable bonds is 1. The van der Waals surface area contributed by atoms with Crippen LogP contribution in [0.5, 0.6) is 0 Å². The molecule has 1 aliphatic rings. The standard InChI is InChI=1S/C18H13N/c1-11(19)12-9-10-17-14-6-3-2-5-13(14)16-8-4-7-15(12)18(16)17/h2-10H,1,19H2. The van der Waals surface area contributed by atoms with E-state index in [0.29, 0.717) is 5.70 Å². The zero-order valence-electron chi connectivity index (χ0n) is 10.5. The van der Waals surface area contributed by atoms with Crippen molar-refractivity contribution in [1.29, 1.82) is 0 Å². The summed E-state index contributed by atoms with van der Waals surface area (Å²) < 4.78 is 0. The van der Waals surface area contributed by atoms with E-state index >= 15 is 0 Å². The van der Waals surface area contributed by atoms with E-state index in [1.807, 2.05) is 0 Å². The SMILES string of the molecule is C=C(N)c1ccc2c3c(cccc13)-c1ccccc1-2. The van der Waals surface area contributed by atoms with Crippen LogP contribution in [0.2, 0.25) is 0 Å². The van der Waals surface area contributed by atoms with Crippen molar-refractivity contribution in [3.8, 4) is 22.3 Å². The molecule has 3 aromatic carbocycles. The van der Waals surface area contributed by atoms with Gasteiger partial charge < -0.3 is 5.73 Å². The van der Waals surface area contributed by atoms with E-state index in [0.717, 1.165) is 5.56 Å². The van der Waals surface area contributed by atoms with Crippen molar-refractivity contribution in [1.82, 2.24) is 0 Å². The lowest BCUT2D eigenvalue weighted by atomic mass is 9.97. The van der Waals surface area contributed by atoms with Crippen LogP contribution in [0.1, 0.15) is 5.56 Å². The van der Waals surface area contributed by atoms with Crippen LogP contribution < -0.4 is 5.73 Å². The molecule has 0 bridgehead atoms. The second kappa shape index (κ2) is 3.48. The summed E-state index contributed by atoms with van der Waals surface area (Å²) in [5.74, 6) is 0. The van der Waals surface area contributed by atoms with E-state index in [-0.39, 0.29) is 0 Å². The first-order valence-corrected chi connectivity index (χ1v) is 6.37. The number of hydrogen-bond donors (Lipinski definition) is 1. The third-order valence-electron chi connectivity index (χ3n) is 3.89.